The summed E-state index contributed by atoms with van der Waals surface area (Å²) >= 11 is 0. The third-order valence-electron chi connectivity index (χ3n) is 5.63. The number of hydrogen-bond donors (Lipinski definition) is 6. The molecule has 0 atom stereocenters. The monoisotopic (exact) mass is 462 g/mol. The molecule has 10 nitrogen and oxygen atoms in total. The van der Waals surface area contributed by atoms with E-state index in [-0.39, 0.29) is 33.8 Å². The molecular weight excluding hydrogens is 440 g/mol. The molecule has 0 aliphatic heterocycles. The second kappa shape index (κ2) is 10.2. The lowest BCUT2D eigenvalue weighted by atomic mass is 9.69. The highest BCUT2D eigenvalue weighted by Gasteiger charge is 2.33. The second-order valence-corrected chi connectivity index (χ2v) is 7.48. The van der Waals surface area contributed by atoms with Crippen molar-refractivity contribution in [3.63, 3.8) is 0 Å². The Labute approximate surface area is 194 Å². The van der Waals surface area contributed by atoms with Gasteiger partial charge in [-0.2, -0.15) is 0 Å². The van der Waals surface area contributed by atoms with Crippen LogP contribution in [-0.2, 0) is 5.41 Å². The molecule has 0 saturated carbocycles. The zero-order chi connectivity index (χ0) is 24.7. The maximum atomic E-state index is 10.5. The highest BCUT2D eigenvalue weighted by Crippen LogP contribution is 2.42. The third-order valence-corrected chi connectivity index (χ3v) is 5.63. The van der Waals surface area contributed by atoms with Crippen LogP contribution < -0.4 is 0 Å². The Morgan fingerprint density at radius 1 is 0.559 bits per heavy atom. The Hall–Kier alpha value is -4.86. The molecule has 174 valence electrons. The molecule has 6 N–H and O–H groups in total. The number of phenols is 2. The summed E-state index contributed by atoms with van der Waals surface area (Å²) in [5, 5.41) is 69.4. The van der Waals surface area contributed by atoms with Gasteiger partial charge in [-0.15, -0.1) is 0 Å². The van der Waals surface area contributed by atoms with Gasteiger partial charge in [-0.3, -0.25) is 0 Å². The molecule has 0 spiro atoms. The summed E-state index contributed by atoms with van der Waals surface area (Å²) in [6, 6.07) is 15.7. The van der Waals surface area contributed by atoms with E-state index >= 15 is 0 Å². The molecule has 0 amide bonds. The number of phenolic OH excluding ortho intramolecular Hbond substituents is 2. The van der Waals surface area contributed by atoms with E-state index in [1.165, 1.54) is 0 Å². The first-order chi connectivity index (χ1) is 16.4. The van der Waals surface area contributed by atoms with E-state index in [4.69, 9.17) is 20.8 Å². The van der Waals surface area contributed by atoms with Crippen LogP contribution in [0.1, 0.15) is 45.9 Å². The van der Waals surface area contributed by atoms with Crippen molar-refractivity contribution in [3.05, 3.63) is 93.5 Å². The second-order valence-electron chi connectivity index (χ2n) is 7.48. The largest absolute Gasteiger partial charge is 0.507 e. The van der Waals surface area contributed by atoms with Crippen LogP contribution in [0.15, 0.2) is 75.2 Å². The number of hydrogen-bond acceptors (Lipinski definition) is 10. The Kier molecular flexibility index (Phi) is 7.12. The average Bonchev–Trinajstić information content (AvgIpc) is 2.84. The highest BCUT2D eigenvalue weighted by molar-refractivity contribution is 5.94. The van der Waals surface area contributed by atoms with Crippen LogP contribution in [0.3, 0.4) is 0 Å². The fourth-order valence-electron chi connectivity index (χ4n) is 3.85. The smallest absolute Gasteiger partial charge is 0.133 e. The molecule has 0 radical (unpaired) electrons. The maximum absolute atomic E-state index is 10.5. The van der Waals surface area contributed by atoms with E-state index in [1.807, 2.05) is 37.3 Å². The van der Waals surface area contributed by atoms with Gasteiger partial charge in [0.05, 0.1) is 24.9 Å². The topological polar surface area (TPSA) is 171 Å². The highest BCUT2D eigenvalue weighted by atomic mass is 16.4. The predicted molar refractivity (Wildman–Crippen MR) is 126 cm³/mol. The molecule has 3 rings (SSSR count). The van der Waals surface area contributed by atoms with Gasteiger partial charge in [-0.1, -0.05) is 51.0 Å². The Morgan fingerprint density at radius 3 is 1.18 bits per heavy atom. The van der Waals surface area contributed by atoms with Crippen molar-refractivity contribution in [2.45, 2.75) is 12.3 Å². The van der Waals surface area contributed by atoms with Gasteiger partial charge in [-0.05, 0) is 47.9 Å². The summed E-state index contributed by atoms with van der Waals surface area (Å²) in [6.07, 6.45) is 4.18. The van der Waals surface area contributed by atoms with Crippen molar-refractivity contribution >= 4 is 24.9 Å². The molecule has 0 bridgehead atoms. The standard InChI is InChI=1S/C24H22N4O6/c1-24(19-5-3-2-4-6-19,20-7-15(11-25-31)22(29)16(8-20)12-26-32)21-9-17(13-27-33)23(30)18(10-21)14-28-34/h2-14,29-34H,1H3. The summed E-state index contributed by atoms with van der Waals surface area (Å²) < 4.78 is 0. The van der Waals surface area contributed by atoms with Crippen molar-refractivity contribution in [2.24, 2.45) is 20.6 Å². The Bertz CT molecular complexity index is 1140. The SMILES string of the molecule is CC(c1ccccc1)(c1cc(C=NO)c(O)c(C=NO)c1)c1cc(C=NO)c(O)c(C=NO)c1. The molecule has 0 heterocycles. The number of nitrogens with zero attached hydrogens (tertiary/aromatic N) is 4. The van der Waals surface area contributed by atoms with E-state index in [2.05, 4.69) is 20.6 Å². The summed E-state index contributed by atoms with van der Waals surface area (Å²) in [7, 11) is 0. The van der Waals surface area contributed by atoms with Crippen molar-refractivity contribution in [1.29, 1.82) is 0 Å². The minimum atomic E-state index is -0.977. The fourth-order valence-corrected chi connectivity index (χ4v) is 3.85. The van der Waals surface area contributed by atoms with Crippen molar-refractivity contribution in [1.82, 2.24) is 0 Å². The molecule has 3 aromatic carbocycles. The van der Waals surface area contributed by atoms with Crippen molar-refractivity contribution in [3.8, 4) is 11.5 Å². The molecule has 0 aliphatic carbocycles. The van der Waals surface area contributed by atoms with Crippen LogP contribution in [0.5, 0.6) is 11.5 Å². The Morgan fingerprint density at radius 2 is 0.882 bits per heavy atom. The minimum absolute atomic E-state index is 0.158. The zero-order valence-corrected chi connectivity index (χ0v) is 18.0. The van der Waals surface area contributed by atoms with Crippen LogP contribution in [0.4, 0.5) is 0 Å². The third kappa shape index (κ3) is 4.37. The van der Waals surface area contributed by atoms with Crippen LogP contribution in [0.2, 0.25) is 0 Å². The van der Waals surface area contributed by atoms with Crippen LogP contribution in [-0.4, -0.2) is 55.9 Å². The summed E-state index contributed by atoms with van der Waals surface area (Å²) in [5.41, 5.74) is 1.63. The van der Waals surface area contributed by atoms with E-state index < -0.39 is 5.41 Å². The molecule has 3 aromatic rings. The number of aromatic hydroxyl groups is 2. The van der Waals surface area contributed by atoms with Gasteiger partial charge in [-0.25, -0.2) is 0 Å². The predicted octanol–water partition coefficient (Wildman–Crippen LogP) is 3.68. The first-order valence-corrected chi connectivity index (χ1v) is 9.90. The Balaban J connectivity index is 2.46. The van der Waals surface area contributed by atoms with Gasteiger partial charge in [0.2, 0.25) is 0 Å². The molecule has 0 saturated heterocycles. The molecule has 0 unspecified atom stereocenters. The lowest BCUT2D eigenvalue weighted by Crippen LogP contribution is -2.26. The van der Waals surface area contributed by atoms with Crippen molar-refractivity contribution < 1.29 is 31.0 Å². The number of oxime groups is 4. The molecule has 0 aromatic heterocycles. The van der Waals surface area contributed by atoms with Crippen molar-refractivity contribution in [2.75, 3.05) is 0 Å². The van der Waals surface area contributed by atoms with Gasteiger partial charge >= 0.3 is 0 Å². The summed E-state index contributed by atoms with van der Waals surface area (Å²) in [4.78, 5) is 0. The number of benzene rings is 3. The fraction of sp³-hybridized carbons (Fsp3) is 0.0833. The summed E-state index contributed by atoms with van der Waals surface area (Å²) in [5.74, 6) is -0.525. The van der Waals surface area contributed by atoms with Crippen LogP contribution >= 0.6 is 0 Å². The van der Waals surface area contributed by atoms with Gasteiger partial charge in [0.25, 0.3) is 0 Å². The minimum Gasteiger partial charge on any atom is -0.507 e. The quantitative estimate of drug-likeness (QED) is 0.135. The molecule has 0 fully saturated rings. The van der Waals surface area contributed by atoms with E-state index in [1.54, 1.807) is 24.3 Å². The van der Waals surface area contributed by atoms with Crippen LogP contribution in [0, 0.1) is 0 Å². The molecule has 0 aliphatic rings. The zero-order valence-electron chi connectivity index (χ0n) is 18.0. The van der Waals surface area contributed by atoms with Gasteiger partial charge in [0.1, 0.15) is 11.5 Å². The molecule has 34 heavy (non-hydrogen) atoms. The normalized spacial score (nSPS) is 13.9. The van der Waals surface area contributed by atoms with Gasteiger partial charge in [0.15, 0.2) is 0 Å². The first-order valence-electron chi connectivity index (χ1n) is 9.90. The first kappa shape index (κ1) is 23.8. The molecular formula is C24H22N4O6. The van der Waals surface area contributed by atoms with E-state index in [9.17, 15) is 10.2 Å². The summed E-state index contributed by atoms with van der Waals surface area (Å²) in [6.45, 7) is 1.88. The van der Waals surface area contributed by atoms with E-state index in [0.29, 0.717) is 11.1 Å². The van der Waals surface area contributed by atoms with Crippen LogP contribution in [0.25, 0.3) is 0 Å². The molecule has 10 heteroatoms. The lowest BCUT2D eigenvalue weighted by molar-refractivity contribution is 0.321. The van der Waals surface area contributed by atoms with Gasteiger partial charge < -0.3 is 31.0 Å². The van der Waals surface area contributed by atoms with E-state index in [0.717, 1.165) is 30.4 Å². The lowest BCUT2D eigenvalue weighted by Gasteiger charge is -2.33. The average molecular weight is 462 g/mol. The number of rotatable bonds is 7. The van der Waals surface area contributed by atoms with Gasteiger partial charge in [0, 0.05) is 27.7 Å². The maximum Gasteiger partial charge on any atom is 0.133 e.